The fourth-order valence-corrected chi connectivity index (χ4v) is 3.07. The molecular formula is C18H21FN4O2. The van der Waals surface area contributed by atoms with E-state index in [0.717, 1.165) is 25.1 Å². The number of aromatic nitrogens is 2. The Kier molecular flexibility index (Phi) is 5.23. The van der Waals surface area contributed by atoms with Gasteiger partial charge in [-0.25, -0.2) is 9.37 Å². The van der Waals surface area contributed by atoms with Crippen LogP contribution in [0.15, 0.2) is 30.3 Å². The Balaban J connectivity index is 1.79. The Bertz CT molecular complexity index is 768. The maximum Gasteiger partial charge on any atom is 0.231 e. The Morgan fingerprint density at radius 2 is 2.20 bits per heavy atom. The highest BCUT2D eigenvalue weighted by Crippen LogP contribution is 2.28. The molecule has 2 N–H and O–H groups in total. The van der Waals surface area contributed by atoms with E-state index in [1.54, 1.807) is 24.3 Å². The van der Waals surface area contributed by atoms with Gasteiger partial charge in [-0.05, 0) is 38.4 Å². The van der Waals surface area contributed by atoms with Crippen molar-refractivity contribution in [1.29, 1.82) is 0 Å². The summed E-state index contributed by atoms with van der Waals surface area (Å²) in [5, 5.41) is 0. The first-order valence-corrected chi connectivity index (χ1v) is 8.30. The van der Waals surface area contributed by atoms with Gasteiger partial charge < -0.3 is 10.5 Å². The third-order valence-corrected chi connectivity index (χ3v) is 4.15. The summed E-state index contributed by atoms with van der Waals surface area (Å²) in [5.41, 5.74) is 6.04. The molecule has 132 valence electrons. The van der Waals surface area contributed by atoms with Gasteiger partial charge in [-0.2, -0.15) is 4.98 Å². The number of aryl methyl sites for hydroxylation is 1. The lowest BCUT2D eigenvalue weighted by molar-refractivity contribution is -0.119. The van der Waals surface area contributed by atoms with Gasteiger partial charge in [-0.1, -0.05) is 12.1 Å². The van der Waals surface area contributed by atoms with Crippen LogP contribution in [0.5, 0.6) is 11.6 Å². The molecule has 7 heteroatoms. The molecular weight excluding hydrogens is 323 g/mol. The predicted octanol–water partition coefficient (Wildman–Crippen LogP) is 2.38. The molecule has 1 atom stereocenters. The van der Waals surface area contributed by atoms with E-state index in [-0.39, 0.29) is 24.1 Å². The maximum atomic E-state index is 13.8. The molecule has 3 rings (SSSR count). The van der Waals surface area contributed by atoms with Crippen LogP contribution < -0.4 is 10.5 Å². The first-order valence-electron chi connectivity index (χ1n) is 8.30. The summed E-state index contributed by atoms with van der Waals surface area (Å²) in [6, 6.07) is 7.89. The Morgan fingerprint density at radius 3 is 2.96 bits per heavy atom. The number of benzene rings is 1. The molecule has 25 heavy (non-hydrogen) atoms. The Hall–Kier alpha value is -2.54. The van der Waals surface area contributed by atoms with Crippen LogP contribution >= 0.6 is 0 Å². The summed E-state index contributed by atoms with van der Waals surface area (Å²) in [5.74, 6) is 0.418. The number of amides is 1. The summed E-state index contributed by atoms with van der Waals surface area (Å²) < 4.78 is 19.4. The van der Waals surface area contributed by atoms with Gasteiger partial charge in [0.15, 0.2) is 11.6 Å². The van der Waals surface area contributed by atoms with Crippen LogP contribution in [0.4, 0.5) is 4.39 Å². The van der Waals surface area contributed by atoms with Crippen LogP contribution in [0.1, 0.15) is 30.3 Å². The van der Waals surface area contributed by atoms with Gasteiger partial charge in [-0.3, -0.25) is 9.69 Å². The highest BCUT2D eigenvalue weighted by atomic mass is 19.1. The van der Waals surface area contributed by atoms with Crippen molar-refractivity contribution < 1.29 is 13.9 Å². The normalized spacial score (nSPS) is 18.1. The number of carbonyl (C=O) groups excluding carboxylic acids is 1. The molecule has 1 aromatic heterocycles. The zero-order chi connectivity index (χ0) is 17.8. The monoisotopic (exact) mass is 344 g/mol. The van der Waals surface area contributed by atoms with Gasteiger partial charge in [0.05, 0.1) is 6.54 Å². The molecule has 0 spiro atoms. The number of hydrogen-bond acceptors (Lipinski definition) is 5. The molecule has 1 saturated heterocycles. The summed E-state index contributed by atoms with van der Waals surface area (Å²) >= 11 is 0. The zero-order valence-electron chi connectivity index (χ0n) is 14.1. The number of para-hydroxylation sites is 1. The number of halogens is 1. The molecule has 2 aromatic rings. The van der Waals surface area contributed by atoms with Gasteiger partial charge in [0.2, 0.25) is 11.8 Å². The third-order valence-electron chi connectivity index (χ3n) is 4.15. The van der Waals surface area contributed by atoms with E-state index in [4.69, 9.17) is 10.5 Å². The van der Waals surface area contributed by atoms with Gasteiger partial charge in [0.1, 0.15) is 5.82 Å². The zero-order valence-corrected chi connectivity index (χ0v) is 14.1. The van der Waals surface area contributed by atoms with Crippen LogP contribution in [0.25, 0.3) is 0 Å². The second kappa shape index (κ2) is 7.57. The number of nitrogens with zero attached hydrogens (tertiary/aromatic N) is 3. The van der Waals surface area contributed by atoms with Gasteiger partial charge in [0, 0.05) is 24.2 Å². The van der Waals surface area contributed by atoms with E-state index in [2.05, 4.69) is 9.97 Å². The van der Waals surface area contributed by atoms with E-state index in [9.17, 15) is 9.18 Å². The number of rotatable bonds is 5. The van der Waals surface area contributed by atoms with Gasteiger partial charge >= 0.3 is 0 Å². The molecule has 1 amide bonds. The van der Waals surface area contributed by atoms with Crippen molar-refractivity contribution >= 4 is 5.91 Å². The lowest BCUT2D eigenvalue weighted by Crippen LogP contribution is -2.40. The summed E-state index contributed by atoms with van der Waals surface area (Å²) in [7, 11) is 0. The molecule has 0 aliphatic carbocycles. The van der Waals surface area contributed by atoms with Crippen molar-refractivity contribution in [2.24, 2.45) is 5.73 Å². The van der Waals surface area contributed by atoms with Crippen LogP contribution in [-0.4, -0.2) is 40.4 Å². The van der Waals surface area contributed by atoms with Crippen LogP contribution in [-0.2, 0) is 4.79 Å². The lowest BCUT2D eigenvalue weighted by atomic mass is 9.97. The Labute approximate surface area is 145 Å². The number of primary amides is 1. The minimum Gasteiger partial charge on any atom is -0.436 e. The molecule has 1 unspecified atom stereocenters. The molecule has 1 aliphatic rings. The van der Waals surface area contributed by atoms with E-state index in [0.29, 0.717) is 18.2 Å². The molecule has 0 bridgehead atoms. The van der Waals surface area contributed by atoms with E-state index < -0.39 is 5.82 Å². The fraction of sp³-hybridized carbons (Fsp3) is 0.389. The smallest absolute Gasteiger partial charge is 0.231 e. The largest absolute Gasteiger partial charge is 0.436 e. The average molecular weight is 344 g/mol. The number of ether oxygens (including phenoxy) is 1. The van der Waals surface area contributed by atoms with E-state index >= 15 is 0 Å². The first-order chi connectivity index (χ1) is 12.0. The number of likely N-dealkylation sites (tertiary alicyclic amines) is 1. The lowest BCUT2D eigenvalue weighted by Gasteiger charge is -2.31. The maximum absolute atomic E-state index is 13.8. The predicted molar refractivity (Wildman–Crippen MR) is 90.9 cm³/mol. The van der Waals surface area contributed by atoms with Crippen molar-refractivity contribution in [1.82, 2.24) is 14.9 Å². The third kappa shape index (κ3) is 4.51. The van der Waals surface area contributed by atoms with Crippen molar-refractivity contribution in [2.45, 2.75) is 25.7 Å². The fourth-order valence-electron chi connectivity index (χ4n) is 3.07. The highest BCUT2D eigenvalue weighted by Gasteiger charge is 2.25. The molecule has 0 saturated carbocycles. The number of carbonyl (C=O) groups is 1. The van der Waals surface area contributed by atoms with Gasteiger partial charge in [-0.15, -0.1) is 0 Å². The average Bonchev–Trinajstić information content (AvgIpc) is 2.56. The van der Waals surface area contributed by atoms with Crippen molar-refractivity contribution in [3.05, 3.63) is 47.7 Å². The second-order valence-corrected chi connectivity index (χ2v) is 6.28. The quantitative estimate of drug-likeness (QED) is 0.901. The molecule has 6 nitrogen and oxygen atoms in total. The van der Waals surface area contributed by atoms with Crippen molar-refractivity contribution in [3.8, 4) is 11.6 Å². The van der Waals surface area contributed by atoms with Crippen LogP contribution in [0.2, 0.25) is 0 Å². The van der Waals surface area contributed by atoms with E-state index in [1.807, 2.05) is 11.8 Å². The number of hydrogen-bond donors (Lipinski definition) is 1. The molecule has 1 aromatic carbocycles. The van der Waals surface area contributed by atoms with Crippen molar-refractivity contribution in [2.75, 3.05) is 19.6 Å². The first kappa shape index (κ1) is 17.3. The number of nitrogens with two attached hydrogens (primary N) is 1. The SMILES string of the molecule is Cc1cc(Oc2ccccc2F)nc(C2CCCN(CC(N)=O)C2)n1. The minimum atomic E-state index is -0.439. The van der Waals surface area contributed by atoms with Crippen molar-refractivity contribution in [3.63, 3.8) is 0 Å². The van der Waals surface area contributed by atoms with Gasteiger partial charge in [0.25, 0.3) is 0 Å². The molecule has 2 heterocycles. The second-order valence-electron chi connectivity index (χ2n) is 6.28. The van der Waals surface area contributed by atoms with Crippen LogP contribution in [0, 0.1) is 12.7 Å². The number of piperidine rings is 1. The molecule has 1 fully saturated rings. The summed E-state index contributed by atoms with van der Waals surface area (Å²) in [6.07, 6.45) is 1.87. The molecule has 0 radical (unpaired) electrons. The summed E-state index contributed by atoms with van der Waals surface area (Å²) in [4.78, 5) is 22.1. The topological polar surface area (TPSA) is 81.3 Å². The molecule has 1 aliphatic heterocycles. The highest BCUT2D eigenvalue weighted by molar-refractivity contribution is 5.75. The van der Waals surface area contributed by atoms with E-state index in [1.165, 1.54) is 6.07 Å². The minimum absolute atomic E-state index is 0.0935. The standard InChI is InChI=1S/C18H21FN4O2/c1-12-9-17(25-15-7-3-2-6-14(15)19)22-18(21-12)13-5-4-8-23(10-13)11-16(20)24/h2-3,6-7,9,13H,4-5,8,10-11H2,1H3,(H2,20,24). The summed E-state index contributed by atoms with van der Waals surface area (Å²) in [6.45, 7) is 3.60. The van der Waals surface area contributed by atoms with Crippen LogP contribution in [0.3, 0.4) is 0 Å². The Morgan fingerprint density at radius 1 is 1.40 bits per heavy atom.